The Morgan fingerprint density at radius 1 is 1.08 bits per heavy atom. The number of nitrogens with zero attached hydrogens (tertiary/aromatic N) is 2. The minimum absolute atomic E-state index is 0.394. The number of nitrogens with one attached hydrogen (secondary N) is 1. The molecule has 0 radical (unpaired) electrons. The van der Waals surface area contributed by atoms with Gasteiger partial charge in [0.25, 0.3) is 0 Å². The summed E-state index contributed by atoms with van der Waals surface area (Å²) >= 11 is 1.49. The molecule has 0 unspecified atom stereocenters. The van der Waals surface area contributed by atoms with E-state index in [4.69, 9.17) is 0 Å². The second-order valence-electron chi connectivity index (χ2n) is 5.46. The van der Waals surface area contributed by atoms with Crippen LogP contribution in [-0.4, -0.2) is 47.1 Å². The van der Waals surface area contributed by atoms with E-state index in [9.17, 15) is 19.2 Å². The average Bonchev–Trinajstić information content (AvgIpc) is 3.21. The third kappa shape index (κ3) is 3.29. The second kappa shape index (κ2) is 6.86. The van der Waals surface area contributed by atoms with Gasteiger partial charge in [-0.25, -0.2) is 9.69 Å². The summed E-state index contributed by atoms with van der Waals surface area (Å²) in [6, 6.07) is 12.0. The summed E-state index contributed by atoms with van der Waals surface area (Å²) in [5.74, 6) is -2.45. The van der Waals surface area contributed by atoms with Crippen molar-refractivity contribution >= 4 is 35.1 Å². The van der Waals surface area contributed by atoms with E-state index >= 15 is 0 Å². The number of carbonyl (C=O) groups is 4. The predicted molar refractivity (Wildman–Crippen MR) is 90.6 cm³/mol. The number of likely N-dealkylation sites (N-methyl/N-ethyl adjacent to an activating group) is 1. The summed E-state index contributed by atoms with van der Waals surface area (Å²) in [7, 11) is 1.21. The van der Waals surface area contributed by atoms with E-state index in [1.165, 1.54) is 18.4 Å². The van der Waals surface area contributed by atoms with Crippen molar-refractivity contribution in [3.8, 4) is 0 Å². The molecule has 3 rings (SSSR count). The number of hydrogen-bond donors (Lipinski definition) is 1. The Morgan fingerprint density at radius 2 is 1.80 bits per heavy atom. The standard InChI is InChI=1S/C17H15N3O4S/c1-19-15(22)16(23)20(17(19)24)10-13(21)18-14(12-8-5-9-25-12)11-6-3-2-4-7-11/h2-9,14H,10H2,1H3,(H,18,21)/t14-/m0/s1. The lowest BCUT2D eigenvalue weighted by Gasteiger charge is -2.20. The van der Waals surface area contributed by atoms with Crippen molar-refractivity contribution in [1.29, 1.82) is 0 Å². The Hall–Kier alpha value is -3.00. The molecule has 7 nitrogen and oxygen atoms in total. The fourth-order valence-electron chi connectivity index (χ4n) is 2.52. The van der Waals surface area contributed by atoms with Crippen LogP contribution in [0.25, 0.3) is 0 Å². The van der Waals surface area contributed by atoms with Gasteiger partial charge in [0, 0.05) is 11.9 Å². The van der Waals surface area contributed by atoms with Gasteiger partial charge < -0.3 is 5.32 Å². The molecule has 25 heavy (non-hydrogen) atoms. The van der Waals surface area contributed by atoms with Crippen molar-refractivity contribution in [3.05, 3.63) is 58.3 Å². The number of amides is 5. The number of rotatable bonds is 5. The SMILES string of the molecule is CN1C(=O)C(=O)N(CC(=O)N[C@@H](c2ccccc2)c2cccs2)C1=O. The van der Waals surface area contributed by atoms with Gasteiger partial charge >= 0.3 is 17.8 Å². The van der Waals surface area contributed by atoms with Gasteiger partial charge in [-0.3, -0.25) is 19.3 Å². The third-order valence-corrected chi connectivity index (χ3v) is 4.76. The highest BCUT2D eigenvalue weighted by Crippen LogP contribution is 2.26. The third-order valence-electron chi connectivity index (χ3n) is 3.82. The monoisotopic (exact) mass is 357 g/mol. The Balaban J connectivity index is 1.77. The maximum Gasteiger partial charge on any atom is 0.334 e. The summed E-state index contributed by atoms with van der Waals surface area (Å²) in [6.07, 6.45) is 0. The van der Waals surface area contributed by atoms with E-state index in [1.54, 1.807) is 0 Å². The molecule has 8 heteroatoms. The molecule has 0 saturated carbocycles. The highest BCUT2D eigenvalue weighted by molar-refractivity contribution is 7.10. The van der Waals surface area contributed by atoms with Crippen molar-refractivity contribution in [2.24, 2.45) is 0 Å². The molecule has 0 spiro atoms. The zero-order valence-electron chi connectivity index (χ0n) is 13.3. The molecule has 1 atom stereocenters. The first-order chi connectivity index (χ1) is 12.0. The highest BCUT2D eigenvalue weighted by Gasteiger charge is 2.43. The number of thiophene rings is 1. The molecular formula is C17H15N3O4S. The van der Waals surface area contributed by atoms with E-state index in [2.05, 4.69) is 5.32 Å². The molecule has 1 N–H and O–H groups in total. The summed E-state index contributed by atoms with van der Waals surface area (Å²) in [5, 5.41) is 4.73. The van der Waals surface area contributed by atoms with Crippen molar-refractivity contribution in [3.63, 3.8) is 0 Å². The maximum atomic E-state index is 12.4. The quantitative estimate of drug-likeness (QED) is 0.647. The molecule has 1 aliphatic rings. The van der Waals surface area contributed by atoms with Crippen molar-refractivity contribution in [2.75, 3.05) is 13.6 Å². The van der Waals surface area contributed by atoms with E-state index in [0.717, 1.165) is 10.4 Å². The van der Waals surface area contributed by atoms with Gasteiger partial charge in [-0.05, 0) is 17.0 Å². The summed E-state index contributed by atoms with van der Waals surface area (Å²) in [5.41, 5.74) is 0.880. The molecular weight excluding hydrogens is 342 g/mol. The van der Waals surface area contributed by atoms with Crippen LogP contribution in [0.2, 0.25) is 0 Å². The molecule has 1 fully saturated rings. The van der Waals surface area contributed by atoms with Gasteiger partial charge in [-0.2, -0.15) is 0 Å². The Morgan fingerprint density at radius 3 is 2.36 bits per heavy atom. The van der Waals surface area contributed by atoms with Crippen LogP contribution >= 0.6 is 11.3 Å². The summed E-state index contributed by atoms with van der Waals surface area (Å²) in [4.78, 5) is 49.8. The van der Waals surface area contributed by atoms with Gasteiger partial charge in [-0.15, -0.1) is 11.3 Å². The zero-order chi connectivity index (χ0) is 18.0. The molecule has 0 aliphatic carbocycles. The second-order valence-corrected chi connectivity index (χ2v) is 6.44. The zero-order valence-corrected chi connectivity index (χ0v) is 14.2. The van der Waals surface area contributed by atoms with Crippen LogP contribution in [-0.2, 0) is 14.4 Å². The predicted octanol–water partition coefficient (Wildman–Crippen LogP) is 1.37. The summed E-state index contributed by atoms with van der Waals surface area (Å²) < 4.78 is 0. The lowest BCUT2D eigenvalue weighted by atomic mass is 10.1. The Kier molecular flexibility index (Phi) is 4.62. The number of urea groups is 1. The largest absolute Gasteiger partial charge is 0.343 e. The van der Waals surface area contributed by atoms with Gasteiger partial charge in [0.05, 0.1) is 6.04 Å². The first-order valence-corrected chi connectivity index (χ1v) is 8.38. The topological polar surface area (TPSA) is 86.8 Å². The van der Waals surface area contributed by atoms with Gasteiger partial charge in [0.15, 0.2) is 0 Å². The van der Waals surface area contributed by atoms with Crippen LogP contribution in [0.5, 0.6) is 0 Å². The van der Waals surface area contributed by atoms with Crippen molar-refractivity contribution in [2.45, 2.75) is 6.04 Å². The van der Waals surface area contributed by atoms with Crippen molar-refractivity contribution in [1.82, 2.24) is 15.1 Å². The number of imide groups is 2. The van der Waals surface area contributed by atoms with Gasteiger partial charge in [0.2, 0.25) is 5.91 Å². The van der Waals surface area contributed by atoms with E-state index in [0.29, 0.717) is 9.80 Å². The Labute approximate surface area is 147 Å². The van der Waals surface area contributed by atoms with Crippen LogP contribution in [0.4, 0.5) is 4.79 Å². The molecule has 1 aliphatic heterocycles. The van der Waals surface area contributed by atoms with Crippen LogP contribution in [0, 0.1) is 0 Å². The minimum atomic E-state index is -0.991. The Bertz CT molecular complexity index is 820. The van der Waals surface area contributed by atoms with Crippen molar-refractivity contribution < 1.29 is 19.2 Å². The van der Waals surface area contributed by atoms with Crippen LogP contribution in [0.1, 0.15) is 16.5 Å². The molecule has 0 bridgehead atoms. The lowest BCUT2D eigenvalue weighted by Crippen LogP contribution is -2.42. The lowest BCUT2D eigenvalue weighted by molar-refractivity contribution is -0.143. The fourth-order valence-corrected chi connectivity index (χ4v) is 3.33. The first-order valence-electron chi connectivity index (χ1n) is 7.50. The fraction of sp³-hybridized carbons (Fsp3) is 0.176. The normalized spacial score (nSPS) is 15.6. The summed E-state index contributed by atoms with van der Waals surface area (Å²) in [6.45, 7) is -0.498. The molecule has 5 amide bonds. The van der Waals surface area contributed by atoms with Gasteiger partial charge in [0.1, 0.15) is 6.54 Å². The smallest absolute Gasteiger partial charge is 0.334 e. The molecule has 1 aromatic heterocycles. The van der Waals surface area contributed by atoms with E-state index in [-0.39, 0.29) is 0 Å². The highest BCUT2D eigenvalue weighted by atomic mass is 32.1. The van der Waals surface area contributed by atoms with E-state index in [1.807, 2.05) is 47.8 Å². The minimum Gasteiger partial charge on any atom is -0.343 e. The molecule has 2 aromatic rings. The molecule has 128 valence electrons. The first kappa shape index (κ1) is 16.8. The van der Waals surface area contributed by atoms with Crippen LogP contribution < -0.4 is 5.32 Å². The van der Waals surface area contributed by atoms with Crippen LogP contribution in [0.3, 0.4) is 0 Å². The molecule has 2 heterocycles. The maximum absolute atomic E-state index is 12.4. The molecule has 1 saturated heterocycles. The number of carbonyl (C=O) groups excluding carboxylic acids is 4. The van der Waals surface area contributed by atoms with E-state index < -0.39 is 36.3 Å². The molecule has 1 aromatic carbocycles. The average molecular weight is 357 g/mol. The number of benzene rings is 1. The van der Waals surface area contributed by atoms with Crippen LogP contribution in [0.15, 0.2) is 47.8 Å². The van der Waals surface area contributed by atoms with Gasteiger partial charge in [-0.1, -0.05) is 36.4 Å². The number of hydrogen-bond acceptors (Lipinski definition) is 5.